The van der Waals surface area contributed by atoms with Crippen LogP contribution in [0.1, 0.15) is 22.8 Å². The van der Waals surface area contributed by atoms with Gasteiger partial charge in [0.05, 0.1) is 39.9 Å². The Kier molecular flexibility index (Phi) is 21.8. The summed E-state index contributed by atoms with van der Waals surface area (Å²) < 4.78 is 6.55. The molecule has 9 heteroatoms. The maximum absolute atomic E-state index is 5.02. The number of benzene rings is 15. The highest BCUT2D eigenvalue weighted by atomic mass is 15.0. The van der Waals surface area contributed by atoms with Gasteiger partial charge in [-0.05, 0) is 277 Å². The average molecular weight is 1710 g/mol. The number of hydrogen-bond acceptors (Lipinski definition) is 6. The van der Waals surface area contributed by atoms with E-state index >= 15 is 0 Å². The number of hydrogen-bond donors (Lipinski definition) is 0. The SMILES string of the molecule is Cc1cc(-c2cc(-c3ccc(-c4c(-c5ccccc5)nc5ccccn45)cc3)cc(-c3ccc4ccccc4c3)c2)cc(C)n1.Cc1ccc(-c2cc(-c3ccc(-c4c(-c5ccccc5)nc5ccccn45)cc3)cc(-c3ccc4ccccc4c3)c2)c(C)n1.c1ccc(-c2nc3ccccn3c2-c2ccc(-c3cc(-c4ccccn4)cc(-c4cccc5ccccc45)c3)cc2)cc1. The lowest BCUT2D eigenvalue weighted by Gasteiger charge is -2.14. The van der Waals surface area contributed by atoms with E-state index in [4.69, 9.17) is 19.9 Å². The molecule has 0 fully saturated rings. The number of aromatic nitrogens is 9. The Hall–Kier alpha value is -17.4. The van der Waals surface area contributed by atoms with Crippen molar-refractivity contribution in [1.29, 1.82) is 0 Å². The van der Waals surface area contributed by atoms with Gasteiger partial charge in [0.15, 0.2) is 0 Å². The normalized spacial score (nSPS) is 11.3. The van der Waals surface area contributed by atoms with Gasteiger partial charge < -0.3 is 0 Å². The predicted molar refractivity (Wildman–Crippen MR) is 552 cm³/mol. The number of aryl methyl sites for hydroxylation is 4. The first-order valence-electron chi connectivity index (χ1n) is 45.1. The zero-order chi connectivity index (χ0) is 89.2. The van der Waals surface area contributed by atoms with Gasteiger partial charge in [-0.2, -0.15) is 0 Å². The Balaban J connectivity index is 0.000000116. The molecule has 0 unspecified atom stereocenters. The van der Waals surface area contributed by atoms with Crippen LogP contribution in [0.5, 0.6) is 0 Å². The molecule has 24 aromatic rings. The summed E-state index contributed by atoms with van der Waals surface area (Å²) in [4.78, 5) is 29.2. The van der Waals surface area contributed by atoms with Gasteiger partial charge in [-0.15, -0.1) is 0 Å². The largest absolute Gasteiger partial charge is 0.299 e. The summed E-state index contributed by atoms with van der Waals surface area (Å²) >= 11 is 0. The van der Waals surface area contributed by atoms with Gasteiger partial charge in [-0.1, -0.05) is 309 Å². The number of imidazole rings is 3. The Labute approximate surface area is 773 Å². The monoisotopic (exact) mass is 1700 g/mol. The minimum Gasteiger partial charge on any atom is -0.299 e. The second-order valence-corrected chi connectivity index (χ2v) is 34.0. The molecule has 0 saturated heterocycles. The van der Waals surface area contributed by atoms with Crippen molar-refractivity contribution in [2.45, 2.75) is 27.7 Å². The standard InChI is InChI=1S/2C42H31N3.C40H27N3/c1-28-15-22-39(29(2)43-28)38-26-36(25-37(27-38)35-21-18-30-10-6-7-13-34(30)24-35)31-16-19-33(20-17-31)42-41(32-11-4-3-5-12-32)44-40-14-8-9-23-45(40)42;1-28-22-36(23-29(2)43-28)39-26-37(25-38(27-39)35-20-17-30-10-6-7-13-34(30)24-35)31-15-18-33(19-16-31)42-41(32-11-4-3-5-12-32)44-40-14-8-9-21-45(40)42;1-2-12-30(13-3-1)39-40(43-24-9-7-18-38(43)42-39)31-21-19-28(20-22-31)32-25-33(27-34(26-32)37-17-6-8-23-41-37)36-16-10-14-29-11-4-5-15-35(29)36/h2*3-27H,1-2H3;1-27H. The van der Waals surface area contributed by atoms with E-state index in [2.05, 4.69) is 457 Å². The minimum atomic E-state index is 0.934. The summed E-state index contributed by atoms with van der Waals surface area (Å²) in [7, 11) is 0. The molecule has 0 radical (unpaired) electrons. The predicted octanol–water partition coefficient (Wildman–Crippen LogP) is 31.9. The first-order valence-corrected chi connectivity index (χ1v) is 45.1. The highest BCUT2D eigenvalue weighted by Crippen LogP contribution is 2.44. The Morgan fingerprint density at radius 3 is 0.955 bits per heavy atom. The molecule has 0 spiro atoms. The maximum atomic E-state index is 5.02. The van der Waals surface area contributed by atoms with Gasteiger partial charge in [-0.3, -0.25) is 28.2 Å². The van der Waals surface area contributed by atoms with Crippen LogP contribution in [0.4, 0.5) is 0 Å². The molecule has 0 amide bonds. The molecular weight excluding hydrogens is 1620 g/mol. The van der Waals surface area contributed by atoms with E-state index < -0.39 is 0 Å². The molecule has 9 nitrogen and oxygen atoms in total. The van der Waals surface area contributed by atoms with Crippen LogP contribution in [0.3, 0.4) is 0 Å². The number of rotatable bonds is 15. The lowest BCUT2D eigenvalue weighted by Crippen LogP contribution is -1.92. The molecule has 24 rings (SSSR count). The summed E-state index contributed by atoms with van der Waals surface area (Å²) in [6.07, 6.45) is 8.13. The molecule has 15 aromatic carbocycles. The molecule has 0 aliphatic carbocycles. The summed E-state index contributed by atoms with van der Waals surface area (Å²) in [5, 5.41) is 7.44. The van der Waals surface area contributed by atoms with Crippen LogP contribution in [-0.4, -0.2) is 43.1 Å². The molecule has 9 aromatic heterocycles. The van der Waals surface area contributed by atoms with Crippen LogP contribution in [0.15, 0.2) is 468 Å². The lowest BCUT2D eigenvalue weighted by molar-refractivity contribution is 1.12. The summed E-state index contributed by atoms with van der Waals surface area (Å²) in [6.45, 7) is 8.27. The number of fused-ring (bicyclic) bond motifs is 6. The molecule has 0 aliphatic heterocycles. The van der Waals surface area contributed by atoms with E-state index in [1.165, 1.54) is 93.5 Å². The molecule has 0 aliphatic rings. The van der Waals surface area contributed by atoms with Crippen LogP contribution in [0.2, 0.25) is 0 Å². The Bertz CT molecular complexity index is 8420. The van der Waals surface area contributed by atoms with Crippen molar-refractivity contribution in [2.75, 3.05) is 0 Å². The van der Waals surface area contributed by atoms with E-state index in [1.807, 2.05) is 61.7 Å². The van der Waals surface area contributed by atoms with Crippen molar-refractivity contribution in [1.82, 2.24) is 43.1 Å². The van der Waals surface area contributed by atoms with E-state index in [9.17, 15) is 0 Å². The van der Waals surface area contributed by atoms with Gasteiger partial charge in [0.1, 0.15) is 16.9 Å². The van der Waals surface area contributed by atoms with Crippen LogP contribution >= 0.6 is 0 Å². The van der Waals surface area contributed by atoms with E-state index in [-0.39, 0.29) is 0 Å². The molecule has 133 heavy (non-hydrogen) atoms. The number of nitrogens with zero attached hydrogens (tertiary/aromatic N) is 9. The zero-order valence-corrected chi connectivity index (χ0v) is 74.0. The van der Waals surface area contributed by atoms with Crippen molar-refractivity contribution in [3.8, 4) is 168 Å². The summed E-state index contributed by atoms with van der Waals surface area (Å²) in [6, 6.07) is 157. The summed E-state index contributed by atoms with van der Waals surface area (Å²) in [5.74, 6) is 0. The Morgan fingerprint density at radius 2 is 0.519 bits per heavy atom. The van der Waals surface area contributed by atoms with E-state index in [0.717, 1.165) is 146 Å². The van der Waals surface area contributed by atoms with Gasteiger partial charge in [0.2, 0.25) is 0 Å². The zero-order valence-electron chi connectivity index (χ0n) is 74.0. The third-order valence-corrected chi connectivity index (χ3v) is 25.2. The van der Waals surface area contributed by atoms with Crippen LogP contribution in [-0.2, 0) is 0 Å². The third kappa shape index (κ3) is 16.6. The van der Waals surface area contributed by atoms with Crippen LogP contribution < -0.4 is 0 Å². The summed E-state index contributed by atoms with van der Waals surface area (Å²) in [5.41, 5.74) is 40.7. The molecule has 0 bridgehead atoms. The first-order chi connectivity index (χ1) is 65.5. The van der Waals surface area contributed by atoms with E-state index in [1.54, 1.807) is 0 Å². The molecule has 9 heterocycles. The van der Waals surface area contributed by atoms with Crippen molar-refractivity contribution in [2.24, 2.45) is 0 Å². The van der Waals surface area contributed by atoms with Crippen molar-refractivity contribution in [3.05, 3.63) is 490 Å². The second kappa shape index (κ2) is 35.7. The van der Waals surface area contributed by atoms with Crippen molar-refractivity contribution < 1.29 is 0 Å². The fourth-order valence-electron chi connectivity index (χ4n) is 18.8. The van der Waals surface area contributed by atoms with Gasteiger partial charge in [0, 0.05) is 92.1 Å². The van der Waals surface area contributed by atoms with Gasteiger partial charge in [0.25, 0.3) is 0 Å². The topological polar surface area (TPSA) is 90.6 Å². The Morgan fingerprint density at radius 1 is 0.180 bits per heavy atom. The quantitative estimate of drug-likeness (QED) is 0.102. The molecule has 630 valence electrons. The molecule has 0 N–H and O–H groups in total. The molecule has 0 saturated carbocycles. The highest BCUT2D eigenvalue weighted by molar-refractivity contribution is 5.99. The highest BCUT2D eigenvalue weighted by Gasteiger charge is 2.23. The van der Waals surface area contributed by atoms with Gasteiger partial charge in [-0.25, -0.2) is 15.0 Å². The minimum absolute atomic E-state index is 0.934. The molecule has 0 atom stereocenters. The van der Waals surface area contributed by atoms with E-state index in [0.29, 0.717) is 0 Å². The van der Waals surface area contributed by atoms with Gasteiger partial charge >= 0.3 is 0 Å². The van der Waals surface area contributed by atoms with Crippen LogP contribution in [0, 0.1) is 27.7 Å². The fraction of sp³-hybridized carbons (Fsp3) is 0.0323. The van der Waals surface area contributed by atoms with Crippen molar-refractivity contribution >= 4 is 49.3 Å². The maximum Gasteiger partial charge on any atom is 0.137 e. The molecular formula is C124H89N9. The third-order valence-electron chi connectivity index (χ3n) is 25.2. The number of pyridine rings is 6. The van der Waals surface area contributed by atoms with Crippen LogP contribution in [0.25, 0.3) is 217 Å². The fourth-order valence-corrected chi connectivity index (χ4v) is 18.8. The smallest absolute Gasteiger partial charge is 0.137 e. The lowest BCUT2D eigenvalue weighted by atomic mass is 9.91. The average Bonchev–Trinajstić information content (AvgIpc) is 1.65. The van der Waals surface area contributed by atoms with Crippen molar-refractivity contribution in [3.63, 3.8) is 0 Å². The second-order valence-electron chi connectivity index (χ2n) is 34.0. The first kappa shape index (κ1) is 81.4.